The Labute approximate surface area is 122 Å². The van der Waals surface area contributed by atoms with Gasteiger partial charge >= 0.3 is 0 Å². The summed E-state index contributed by atoms with van der Waals surface area (Å²) in [5, 5.41) is 0. The van der Waals surface area contributed by atoms with Gasteiger partial charge in [0.25, 0.3) is 0 Å². The molecule has 0 saturated heterocycles. The first kappa shape index (κ1) is 14.1. The van der Waals surface area contributed by atoms with Crippen LogP contribution in [-0.2, 0) is 13.0 Å². The number of halogens is 1. The van der Waals surface area contributed by atoms with Crippen LogP contribution in [0.25, 0.3) is 0 Å². The van der Waals surface area contributed by atoms with E-state index >= 15 is 0 Å². The summed E-state index contributed by atoms with van der Waals surface area (Å²) in [6.07, 6.45) is 0.845. The molecular formula is C16H18BrNO. The molecule has 0 radical (unpaired) electrons. The van der Waals surface area contributed by atoms with Crippen molar-refractivity contribution in [2.75, 3.05) is 6.54 Å². The van der Waals surface area contributed by atoms with Gasteiger partial charge in [-0.05, 0) is 49.2 Å². The molecule has 2 aromatic rings. The maximum absolute atomic E-state index is 5.90. The Balaban J connectivity index is 2.08. The second-order valence-corrected chi connectivity index (χ2v) is 5.48. The summed E-state index contributed by atoms with van der Waals surface area (Å²) in [5.74, 6) is 0.930. The molecule has 0 spiro atoms. The van der Waals surface area contributed by atoms with Crippen molar-refractivity contribution in [3.63, 3.8) is 0 Å². The lowest BCUT2D eigenvalue weighted by Gasteiger charge is -2.12. The molecule has 2 rings (SSSR count). The van der Waals surface area contributed by atoms with E-state index in [4.69, 9.17) is 10.5 Å². The zero-order valence-electron chi connectivity index (χ0n) is 11.0. The summed E-state index contributed by atoms with van der Waals surface area (Å²) in [6.45, 7) is 3.30. The number of benzene rings is 2. The van der Waals surface area contributed by atoms with Crippen LogP contribution in [0, 0.1) is 6.92 Å². The smallest absolute Gasteiger partial charge is 0.123 e. The fourth-order valence-electron chi connectivity index (χ4n) is 1.94. The minimum Gasteiger partial charge on any atom is -0.489 e. The molecule has 0 heterocycles. The topological polar surface area (TPSA) is 35.2 Å². The number of rotatable bonds is 5. The molecule has 19 heavy (non-hydrogen) atoms. The molecule has 0 unspecified atom stereocenters. The van der Waals surface area contributed by atoms with Crippen LogP contribution < -0.4 is 10.5 Å². The van der Waals surface area contributed by atoms with E-state index in [9.17, 15) is 0 Å². The molecule has 0 atom stereocenters. The summed E-state index contributed by atoms with van der Waals surface area (Å²) in [5.41, 5.74) is 9.21. The van der Waals surface area contributed by atoms with Crippen LogP contribution in [-0.4, -0.2) is 6.54 Å². The third-order valence-corrected chi connectivity index (χ3v) is 3.47. The van der Waals surface area contributed by atoms with Gasteiger partial charge in [0.05, 0.1) is 0 Å². The first-order valence-corrected chi connectivity index (χ1v) is 7.15. The zero-order valence-corrected chi connectivity index (χ0v) is 12.6. The monoisotopic (exact) mass is 319 g/mol. The minimum atomic E-state index is 0.577. The highest BCUT2D eigenvalue weighted by atomic mass is 79.9. The van der Waals surface area contributed by atoms with Crippen LogP contribution in [0.5, 0.6) is 5.75 Å². The zero-order chi connectivity index (χ0) is 13.7. The SMILES string of the molecule is Cc1ccc(OCc2ccc(Br)cc2)c(CCN)c1. The summed E-state index contributed by atoms with van der Waals surface area (Å²) < 4.78 is 6.98. The standard InChI is InChI=1S/C16H18BrNO/c1-12-2-7-16(14(10-12)8-9-18)19-11-13-3-5-15(17)6-4-13/h2-7,10H,8-9,11,18H2,1H3. The Morgan fingerprint density at radius 1 is 1.11 bits per heavy atom. The Bertz CT molecular complexity index is 537. The summed E-state index contributed by atoms with van der Waals surface area (Å²) in [6, 6.07) is 14.4. The van der Waals surface area contributed by atoms with Gasteiger partial charge < -0.3 is 10.5 Å². The molecule has 0 saturated carbocycles. The molecule has 0 aliphatic rings. The van der Waals surface area contributed by atoms with Gasteiger partial charge in [-0.3, -0.25) is 0 Å². The quantitative estimate of drug-likeness (QED) is 0.908. The van der Waals surface area contributed by atoms with Crippen LogP contribution in [0.1, 0.15) is 16.7 Å². The van der Waals surface area contributed by atoms with Gasteiger partial charge in [-0.25, -0.2) is 0 Å². The van der Waals surface area contributed by atoms with Crippen molar-refractivity contribution in [3.8, 4) is 5.75 Å². The average Bonchev–Trinajstić information content (AvgIpc) is 2.40. The third kappa shape index (κ3) is 4.08. The van der Waals surface area contributed by atoms with Crippen molar-refractivity contribution in [1.82, 2.24) is 0 Å². The van der Waals surface area contributed by atoms with E-state index in [1.165, 1.54) is 11.1 Å². The number of nitrogens with two attached hydrogens (primary N) is 1. The number of ether oxygens (including phenoxy) is 1. The molecule has 2 N–H and O–H groups in total. The van der Waals surface area contributed by atoms with Crippen molar-refractivity contribution < 1.29 is 4.74 Å². The van der Waals surface area contributed by atoms with Crippen LogP contribution in [0.2, 0.25) is 0 Å². The van der Waals surface area contributed by atoms with Crippen molar-refractivity contribution in [1.29, 1.82) is 0 Å². The van der Waals surface area contributed by atoms with E-state index in [1.54, 1.807) is 0 Å². The van der Waals surface area contributed by atoms with Gasteiger partial charge in [0.2, 0.25) is 0 Å². The predicted octanol–water partition coefficient (Wildman–Crippen LogP) is 3.84. The highest BCUT2D eigenvalue weighted by Crippen LogP contribution is 2.22. The summed E-state index contributed by atoms with van der Waals surface area (Å²) >= 11 is 3.43. The van der Waals surface area contributed by atoms with E-state index < -0.39 is 0 Å². The average molecular weight is 320 g/mol. The normalized spacial score (nSPS) is 10.5. The van der Waals surface area contributed by atoms with E-state index in [1.807, 2.05) is 18.2 Å². The van der Waals surface area contributed by atoms with E-state index in [0.717, 1.165) is 22.2 Å². The van der Waals surface area contributed by atoms with Gasteiger partial charge in [0.15, 0.2) is 0 Å². The first-order chi connectivity index (χ1) is 9.19. The number of aryl methyl sites for hydroxylation is 1. The molecule has 0 bridgehead atoms. The summed E-state index contributed by atoms with van der Waals surface area (Å²) in [7, 11) is 0. The van der Waals surface area contributed by atoms with Gasteiger partial charge in [0, 0.05) is 4.47 Å². The third-order valence-electron chi connectivity index (χ3n) is 2.94. The molecule has 0 aromatic heterocycles. The minimum absolute atomic E-state index is 0.577. The summed E-state index contributed by atoms with van der Waals surface area (Å²) in [4.78, 5) is 0. The van der Waals surface area contributed by atoms with E-state index in [-0.39, 0.29) is 0 Å². The number of hydrogen-bond donors (Lipinski definition) is 1. The number of hydrogen-bond acceptors (Lipinski definition) is 2. The Hall–Kier alpha value is -1.32. The maximum Gasteiger partial charge on any atom is 0.123 e. The molecule has 3 heteroatoms. The van der Waals surface area contributed by atoms with E-state index in [2.05, 4.69) is 47.1 Å². The first-order valence-electron chi connectivity index (χ1n) is 6.36. The van der Waals surface area contributed by atoms with Crippen LogP contribution in [0.4, 0.5) is 0 Å². The lowest BCUT2D eigenvalue weighted by Crippen LogP contribution is -2.05. The van der Waals surface area contributed by atoms with Gasteiger partial charge in [0.1, 0.15) is 12.4 Å². The Morgan fingerprint density at radius 3 is 2.53 bits per heavy atom. The molecule has 0 fully saturated rings. The highest BCUT2D eigenvalue weighted by molar-refractivity contribution is 9.10. The molecule has 100 valence electrons. The van der Waals surface area contributed by atoms with Gasteiger partial charge in [-0.2, -0.15) is 0 Å². The molecule has 0 amide bonds. The van der Waals surface area contributed by atoms with Crippen molar-refractivity contribution in [3.05, 3.63) is 63.6 Å². The van der Waals surface area contributed by atoms with Crippen LogP contribution in [0.3, 0.4) is 0 Å². The van der Waals surface area contributed by atoms with E-state index in [0.29, 0.717) is 13.2 Å². The van der Waals surface area contributed by atoms with Gasteiger partial charge in [-0.15, -0.1) is 0 Å². The van der Waals surface area contributed by atoms with Gasteiger partial charge in [-0.1, -0.05) is 45.8 Å². The molecule has 0 aliphatic heterocycles. The molecule has 2 nitrogen and oxygen atoms in total. The van der Waals surface area contributed by atoms with Crippen molar-refractivity contribution in [2.45, 2.75) is 20.0 Å². The highest BCUT2D eigenvalue weighted by Gasteiger charge is 2.04. The maximum atomic E-state index is 5.90. The van der Waals surface area contributed by atoms with Crippen LogP contribution >= 0.6 is 15.9 Å². The predicted molar refractivity (Wildman–Crippen MR) is 82.4 cm³/mol. The fraction of sp³-hybridized carbons (Fsp3) is 0.250. The second-order valence-electron chi connectivity index (χ2n) is 4.56. The molecule has 2 aromatic carbocycles. The Kier molecular flexibility index (Phi) is 5.00. The van der Waals surface area contributed by atoms with Crippen molar-refractivity contribution >= 4 is 15.9 Å². The fourth-order valence-corrected chi connectivity index (χ4v) is 2.21. The van der Waals surface area contributed by atoms with Crippen molar-refractivity contribution in [2.24, 2.45) is 5.73 Å². The molecular weight excluding hydrogens is 302 g/mol. The lowest BCUT2D eigenvalue weighted by molar-refractivity contribution is 0.303. The van der Waals surface area contributed by atoms with Crippen LogP contribution in [0.15, 0.2) is 46.9 Å². The largest absolute Gasteiger partial charge is 0.489 e. The lowest BCUT2D eigenvalue weighted by atomic mass is 10.1. The molecule has 0 aliphatic carbocycles. The Morgan fingerprint density at radius 2 is 1.84 bits per heavy atom. The second kappa shape index (κ2) is 6.73.